The number of nitrogens with one attached hydrogen (secondary N) is 1. The number of anilines is 2. The molecule has 4 nitrogen and oxygen atoms in total. The molecule has 5 aromatic rings. The van der Waals surface area contributed by atoms with Gasteiger partial charge in [-0.05, 0) is 42.6 Å². The zero-order chi connectivity index (χ0) is 21.2. The van der Waals surface area contributed by atoms with Crippen molar-refractivity contribution in [2.75, 3.05) is 5.32 Å². The summed E-state index contributed by atoms with van der Waals surface area (Å²) in [5, 5.41) is 8.99. The van der Waals surface area contributed by atoms with Crippen molar-refractivity contribution in [3.63, 3.8) is 0 Å². The minimum atomic E-state index is 0.719. The van der Waals surface area contributed by atoms with Gasteiger partial charge < -0.3 is 5.32 Å². The molecule has 0 aliphatic heterocycles. The monoisotopic (exact) mass is 498 g/mol. The second-order valence-electron chi connectivity index (χ2n) is 6.52. The van der Waals surface area contributed by atoms with Crippen LogP contribution in [0.2, 0.25) is 5.02 Å². The minimum Gasteiger partial charge on any atom is -0.315 e. The largest absolute Gasteiger partial charge is 0.315 e. The van der Waals surface area contributed by atoms with Gasteiger partial charge >= 0.3 is 0 Å². The molecule has 5 rings (SSSR count). The van der Waals surface area contributed by atoms with E-state index >= 15 is 0 Å². The number of fused-ring (bicyclic) bond motifs is 1. The van der Waals surface area contributed by atoms with Gasteiger partial charge in [0.25, 0.3) is 0 Å². The average Bonchev–Trinajstić information content (AvgIpc) is 3.41. The van der Waals surface area contributed by atoms with Crippen LogP contribution < -0.4 is 5.32 Å². The molecule has 0 radical (unpaired) electrons. The lowest BCUT2D eigenvalue weighted by atomic mass is 10.4. The second kappa shape index (κ2) is 9.18. The van der Waals surface area contributed by atoms with E-state index in [1.165, 1.54) is 9.60 Å². The van der Waals surface area contributed by atoms with E-state index in [4.69, 9.17) is 16.6 Å². The predicted octanol–water partition coefficient (Wildman–Crippen LogP) is 8.16. The summed E-state index contributed by atoms with van der Waals surface area (Å²) in [7, 11) is 0. The van der Waals surface area contributed by atoms with Gasteiger partial charge in [-0.15, -0.1) is 22.7 Å². The lowest BCUT2D eigenvalue weighted by molar-refractivity contribution is 1.14. The first kappa shape index (κ1) is 20.8. The zero-order valence-electron chi connectivity index (χ0n) is 16.2. The van der Waals surface area contributed by atoms with Gasteiger partial charge in [-0.1, -0.05) is 47.3 Å². The Kier molecular flexibility index (Phi) is 6.15. The molecule has 1 aromatic carbocycles. The molecule has 0 unspecified atom stereocenters. The van der Waals surface area contributed by atoms with Crippen molar-refractivity contribution in [1.29, 1.82) is 0 Å². The van der Waals surface area contributed by atoms with Gasteiger partial charge in [-0.25, -0.2) is 9.97 Å². The number of hydrogen-bond donors (Lipinski definition) is 1. The van der Waals surface area contributed by atoms with Crippen molar-refractivity contribution in [1.82, 2.24) is 15.0 Å². The Bertz CT molecular complexity index is 1360. The molecule has 9 heteroatoms. The van der Waals surface area contributed by atoms with E-state index < -0.39 is 0 Å². The third-order valence-corrected chi connectivity index (χ3v) is 8.77. The van der Waals surface area contributed by atoms with Crippen LogP contribution in [-0.2, 0) is 0 Å². The highest BCUT2D eigenvalue weighted by molar-refractivity contribution is 8.00. The highest BCUT2D eigenvalue weighted by Crippen LogP contribution is 2.41. The Labute approximate surface area is 201 Å². The van der Waals surface area contributed by atoms with Crippen molar-refractivity contribution in [2.45, 2.75) is 26.5 Å². The van der Waals surface area contributed by atoms with Crippen molar-refractivity contribution < 1.29 is 0 Å². The van der Waals surface area contributed by atoms with E-state index in [-0.39, 0.29) is 0 Å². The van der Waals surface area contributed by atoms with Gasteiger partial charge in [0, 0.05) is 32.5 Å². The topological polar surface area (TPSA) is 50.7 Å². The third kappa shape index (κ3) is 4.73. The minimum absolute atomic E-state index is 0.719. The fourth-order valence-corrected chi connectivity index (χ4v) is 6.71. The van der Waals surface area contributed by atoms with Crippen molar-refractivity contribution >= 4 is 79.0 Å². The van der Waals surface area contributed by atoms with Gasteiger partial charge in [0.1, 0.15) is 5.82 Å². The van der Waals surface area contributed by atoms with Crippen molar-refractivity contribution in [3.8, 4) is 0 Å². The molecule has 154 valence electrons. The molecule has 0 bridgehead atoms. The number of thiophene rings is 1. The molecule has 4 aromatic heterocycles. The highest BCUT2D eigenvalue weighted by Gasteiger charge is 2.13. The molecular formula is C22H15ClN4S4. The molecule has 0 amide bonds. The maximum atomic E-state index is 6.43. The first-order chi connectivity index (χ1) is 15.2. The Morgan fingerprint density at radius 1 is 0.968 bits per heavy atom. The van der Waals surface area contributed by atoms with Gasteiger partial charge in [-0.2, -0.15) is 0 Å². The first-order valence-corrected chi connectivity index (χ1v) is 13.0. The summed E-state index contributed by atoms with van der Waals surface area (Å²) in [6, 6.07) is 14.1. The highest BCUT2D eigenvalue weighted by atomic mass is 35.5. The van der Waals surface area contributed by atoms with Gasteiger partial charge in [0.15, 0.2) is 5.13 Å². The SMILES string of the molecule is Cc1csc(Nc2ncc(Sc3ccnc4ccsc34)cc2Sc2ccccc2Cl)n1. The number of aryl methyl sites for hydroxylation is 1. The number of hydrogen-bond acceptors (Lipinski definition) is 8. The summed E-state index contributed by atoms with van der Waals surface area (Å²) < 4.78 is 1.19. The maximum Gasteiger partial charge on any atom is 0.188 e. The summed E-state index contributed by atoms with van der Waals surface area (Å²) in [4.78, 5) is 17.9. The average molecular weight is 499 g/mol. The van der Waals surface area contributed by atoms with Crippen molar-refractivity contribution in [2.24, 2.45) is 0 Å². The third-order valence-electron chi connectivity index (χ3n) is 4.26. The van der Waals surface area contributed by atoms with Crippen LogP contribution in [0.1, 0.15) is 5.69 Å². The van der Waals surface area contributed by atoms with E-state index in [2.05, 4.69) is 32.8 Å². The van der Waals surface area contributed by atoms with E-state index in [0.717, 1.165) is 41.9 Å². The van der Waals surface area contributed by atoms with E-state index in [1.807, 2.05) is 55.0 Å². The van der Waals surface area contributed by atoms with Gasteiger partial charge in [0.05, 0.1) is 25.8 Å². The van der Waals surface area contributed by atoms with Crippen LogP contribution in [0.4, 0.5) is 10.9 Å². The van der Waals surface area contributed by atoms with Crippen LogP contribution in [0.25, 0.3) is 10.2 Å². The van der Waals surface area contributed by atoms with Gasteiger partial charge in [-0.3, -0.25) is 4.98 Å². The number of thiazole rings is 1. The molecular weight excluding hydrogens is 484 g/mol. The molecule has 0 spiro atoms. The van der Waals surface area contributed by atoms with Crippen LogP contribution in [0.3, 0.4) is 0 Å². The number of rotatable bonds is 6. The summed E-state index contributed by atoms with van der Waals surface area (Å²) in [6.07, 6.45) is 3.74. The molecule has 0 aliphatic rings. The number of nitrogens with zero attached hydrogens (tertiary/aromatic N) is 3. The van der Waals surface area contributed by atoms with Crippen LogP contribution in [-0.4, -0.2) is 15.0 Å². The lowest BCUT2D eigenvalue weighted by Gasteiger charge is -2.12. The first-order valence-electron chi connectivity index (χ1n) is 9.27. The summed E-state index contributed by atoms with van der Waals surface area (Å²) >= 11 is 13.0. The van der Waals surface area contributed by atoms with E-state index in [9.17, 15) is 0 Å². The van der Waals surface area contributed by atoms with E-state index in [1.54, 1.807) is 46.2 Å². The Hall–Kier alpha value is -2.10. The lowest BCUT2D eigenvalue weighted by Crippen LogP contribution is -1.96. The predicted molar refractivity (Wildman–Crippen MR) is 134 cm³/mol. The van der Waals surface area contributed by atoms with Crippen LogP contribution in [0.5, 0.6) is 0 Å². The summed E-state index contributed by atoms with van der Waals surface area (Å²) in [5.74, 6) is 0.764. The fourth-order valence-electron chi connectivity index (χ4n) is 2.87. The molecule has 0 aliphatic carbocycles. The maximum absolute atomic E-state index is 6.43. The van der Waals surface area contributed by atoms with Crippen molar-refractivity contribution in [3.05, 3.63) is 76.3 Å². The Morgan fingerprint density at radius 3 is 2.71 bits per heavy atom. The molecule has 4 heterocycles. The normalized spacial score (nSPS) is 11.2. The number of halogens is 1. The fraction of sp³-hybridized carbons (Fsp3) is 0.0455. The smallest absolute Gasteiger partial charge is 0.188 e. The number of aromatic nitrogens is 3. The standard InChI is InChI=1S/C22H15ClN4S4/c1-13-12-29-22(26-13)27-21-19(31-17-5-3-2-4-15(17)23)10-14(11-25-21)30-18-6-8-24-16-7-9-28-20(16)18/h2-12H,1H3,(H,25,26,27). The summed E-state index contributed by atoms with van der Waals surface area (Å²) in [5.41, 5.74) is 2.00. The second-order valence-corrected chi connectivity index (χ2v) is 10.9. The molecule has 0 saturated carbocycles. The van der Waals surface area contributed by atoms with E-state index in [0.29, 0.717) is 0 Å². The quantitative estimate of drug-likeness (QED) is 0.255. The van der Waals surface area contributed by atoms with Crippen LogP contribution in [0.15, 0.2) is 85.2 Å². The molecule has 0 fully saturated rings. The van der Waals surface area contributed by atoms with Crippen LogP contribution in [0, 0.1) is 6.92 Å². The molecule has 31 heavy (non-hydrogen) atoms. The summed E-state index contributed by atoms with van der Waals surface area (Å²) in [6.45, 7) is 1.98. The number of benzene rings is 1. The Morgan fingerprint density at radius 2 is 1.87 bits per heavy atom. The van der Waals surface area contributed by atoms with Crippen LogP contribution >= 0.6 is 57.8 Å². The molecule has 0 atom stereocenters. The number of pyridine rings is 2. The Balaban J connectivity index is 1.51. The van der Waals surface area contributed by atoms with Gasteiger partial charge in [0.2, 0.25) is 0 Å². The molecule has 1 N–H and O–H groups in total. The zero-order valence-corrected chi connectivity index (χ0v) is 20.2. The molecule has 0 saturated heterocycles.